The molecule has 0 atom stereocenters. The molecule has 9 heteroatoms. The molecule has 0 amide bonds. The Morgan fingerprint density at radius 3 is 2.95 bits per heavy atom. The molecule has 0 radical (unpaired) electrons. The molecule has 0 aliphatic heterocycles. The number of H-pyrrole nitrogens is 1. The summed E-state index contributed by atoms with van der Waals surface area (Å²) in [5, 5.41) is 2.80. The topological polar surface area (TPSA) is 105 Å². The molecule has 0 fully saturated rings. The van der Waals surface area contributed by atoms with Gasteiger partial charge in [-0.2, -0.15) is 0 Å². The number of hydrogen-bond acceptors (Lipinski definition) is 6. The van der Waals surface area contributed by atoms with Crippen LogP contribution in [0.1, 0.15) is 10.7 Å². The predicted octanol–water partition coefficient (Wildman–Crippen LogP) is 1.41. The zero-order chi connectivity index (χ0) is 15.7. The quantitative estimate of drug-likeness (QED) is 0.731. The molecule has 0 saturated heterocycles. The summed E-state index contributed by atoms with van der Waals surface area (Å²) in [6.07, 6.45) is 0.527. The van der Waals surface area contributed by atoms with Crippen LogP contribution in [0.15, 0.2) is 37.7 Å². The highest BCUT2D eigenvalue weighted by Gasteiger charge is 2.15. The summed E-state index contributed by atoms with van der Waals surface area (Å²) >= 11 is 1.50. The standard InChI is InChI=1S/C13H13N3O4S2/c1-8-7-21-12(15-8)4-5-14-22(18,19)9-2-3-10-11(6-9)20-13(17)16-10/h2-3,6-7,14H,4-5H2,1H3,(H,16,17). The van der Waals surface area contributed by atoms with Crippen LogP contribution in [0.4, 0.5) is 0 Å². The molecule has 3 rings (SSSR count). The van der Waals surface area contributed by atoms with Crippen LogP contribution in [-0.4, -0.2) is 24.9 Å². The number of rotatable bonds is 5. The summed E-state index contributed by atoms with van der Waals surface area (Å²) in [6.45, 7) is 2.15. The average Bonchev–Trinajstić information content (AvgIpc) is 3.02. The summed E-state index contributed by atoms with van der Waals surface area (Å²) in [5.74, 6) is -0.614. The molecule has 0 saturated carbocycles. The third kappa shape index (κ3) is 3.11. The van der Waals surface area contributed by atoms with Gasteiger partial charge in [-0.3, -0.25) is 4.98 Å². The molecule has 1 aromatic carbocycles. The molecule has 7 nitrogen and oxygen atoms in total. The van der Waals surface area contributed by atoms with Crippen LogP contribution in [0, 0.1) is 6.92 Å². The zero-order valence-corrected chi connectivity index (χ0v) is 13.3. The highest BCUT2D eigenvalue weighted by Crippen LogP contribution is 2.16. The minimum atomic E-state index is -3.65. The van der Waals surface area contributed by atoms with E-state index in [4.69, 9.17) is 4.42 Å². The minimum absolute atomic E-state index is 0.0538. The second kappa shape index (κ2) is 5.67. The second-order valence-corrected chi connectivity index (χ2v) is 7.41. The Morgan fingerprint density at radius 2 is 2.23 bits per heavy atom. The number of aromatic amines is 1. The lowest BCUT2D eigenvalue weighted by molar-refractivity contribution is 0.553. The molecular weight excluding hydrogens is 326 g/mol. The third-order valence-electron chi connectivity index (χ3n) is 3.00. The number of aromatic nitrogens is 2. The van der Waals surface area contributed by atoms with Gasteiger partial charge in [-0.05, 0) is 19.1 Å². The largest absolute Gasteiger partial charge is 0.417 e. The number of hydrogen-bond donors (Lipinski definition) is 2. The number of sulfonamides is 1. The van der Waals surface area contributed by atoms with Crippen LogP contribution >= 0.6 is 11.3 Å². The fraction of sp³-hybridized carbons (Fsp3) is 0.231. The first kappa shape index (κ1) is 14.9. The van der Waals surface area contributed by atoms with Crippen LogP contribution in [0.2, 0.25) is 0 Å². The van der Waals surface area contributed by atoms with Crippen LogP contribution in [0.3, 0.4) is 0 Å². The summed E-state index contributed by atoms with van der Waals surface area (Å²) in [7, 11) is -3.65. The van der Waals surface area contributed by atoms with Gasteiger partial charge in [0.05, 0.1) is 15.4 Å². The number of oxazole rings is 1. The van der Waals surface area contributed by atoms with E-state index in [1.54, 1.807) is 0 Å². The average molecular weight is 339 g/mol. The molecule has 2 N–H and O–H groups in total. The van der Waals surface area contributed by atoms with Gasteiger partial charge in [-0.25, -0.2) is 22.9 Å². The lowest BCUT2D eigenvalue weighted by Crippen LogP contribution is -2.25. The van der Waals surface area contributed by atoms with Crippen molar-refractivity contribution in [3.8, 4) is 0 Å². The SMILES string of the molecule is Cc1csc(CCNS(=O)(=O)c2ccc3[nH]c(=O)oc3c2)n1. The Balaban J connectivity index is 1.74. The van der Waals surface area contributed by atoms with Crippen molar-refractivity contribution >= 4 is 32.5 Å². The second-order valence-electron chi connectivity index (χ2n) is 4.70. The first-order valence-corrected chi connectivity index (χ1v) is 8.84. The molecule has 22 heavy (non-hydrogen) atoms. The number of fused-ring (bicyclic) bond motifs is 1. The van der Waals surface area contributed by atoms with E-state index in [1.165, 1.54) is 29.5 Å². The van der Waals surface area contributed by atoms with Crippen molar-refractivity contribution < 1.29 is 12.8 Å². The van der Waals surface area contributed by atoms with Gasteiger partial charge in [-0.1, -0.05) is 0 Å². The van der Waals surface area contributed by atoms with E-state index in [1.807, 2.05) is 12.3 Å². The van der Waals surface area contributed by atoms with Gasteiger partial charge in [0.25, 0.3) is 0 Å². The first-order chi connectivity index (χ1) is 10.4. The normalized spacial score (nSPS) is 12.0. The predicted molar refractivity (Wildman–Crippen MR) is 82.6 cm³/mol. The molecule has 116 valence electrons. The molecule has 0 spiro atoms. The monoisotopic (exact) mass is 339 g/mol. The van der Waals surface area contributed by atoms with Crippen LogP contribution in [0.5, 0.6) is 0 Å². The van der Waals surface area contributed by atoms with Gasteiger partial charge in [-0.15, -0.1) is 11.3 Å². The van der Waals surface area contributed by atoms with Gasteiger partial charge < -0.3 is 4.42 Å². The van der Waals surface area contributed by atoms with E-state index in [-0.39, 0.29) is 17.0 Å². The maximum atomic E-state index is 12.2. The van der Waals surface area contributed by atoms with Crippen molar-refractivity contribution in [2.45, 2.75) is 18.2 Å². The van der Waals surface area contributed by atoms with Crippen molar-refractivity contribution in [3.63, 3.8) is 0 Å². The summed E-state index contributed by atoms with van der Waals surface area (Å²) in [5.41, 5.74) is 1.60. The Hall–Kier alpha value is -1.97. The van der Waals surface area contributed by atoms with Gasteiger partial charge in [0.15, 0.2) is 5.58 Å². The number of nitrogens with one attached hydrogen (secondary N) is 2. The summed E-state index contributed by atoms with van der Waals surface area (Å²) in [6, 6.07) is 4.24. The van der Waals surface area contributed by atoms with E-state index >= 15 is 0 Å². The number of benzene rings is 1. The van der Waals surface area contributed by atoms with E-state index in [0.717, 1.165) is 10.7 Å². The zero-order valence-electron chi connectivity index (χ0n) is 11.6. The van der Waals surface area contributed by atoms with E-state index in [9.17, 15) is 13.2 Å². The number of thiazole rings is 1. The van der Waals surface area contributed by atoms with Crippen molar-refractivity contribution in [1.82, 2.24) is 14.7 Å². The lowest BCUT2D eigenvalue weighted by atomic mass is 10.3. The molecule has 2 heterocycles. The molecule has 0 aliphatic carbocycles. The molecule has 0 aliphatic rings. The van der Waals surface area contributed by atoms with Crippen molar-refractivity contribution in [2.24, 2.45) is 0 Å². The Morgan fingerprint density at radius 1 is 1.41 bits per heavy atom. The Kier molecular flexibility index (Phi) is 3.85. The van der Waals surface area contributed by atoms with Crippen molar-refractivity contribution in [1.29, 1.82) is 0 Å². The van der Waals surface area contributed by atoms with Gasteiger partial charge in [0, 0.05) is 30.1 Å². The maximum absolute atomic E-state index is 12.2. The van der Waals surface area contributed by atoms with Crippen molar-refractivity contribution in [2.75, 3.05) is 6.54 Å². The van der Waals surface area contributed by atoms with Gasteiger partial charge in [0.1, 0.15) is 0 Å². The van der Waals surface area contributed by atoms with E-state index in [0.29, 0.717) is 11.9 Å². The number of aryl methyl sites for hydroxylation is 1. The van der Waals surface area contributed by atoms with Crippen LogP contribution < -0.4 is 10.5 Å². The first-order valence-electron chi connectivity index (χ1n) is 6.47. The van der Waals surface area contributed by atoms with Gasteiger partial charge in [0.2, 0.25) is 10.0 Å². The van der Waals surface area contributed by atoms with Crippen molar-refractivity contribution in [3.05, 3.63) is 44.8 Å². The molecule has 3 aromatic rings. The van der Waals surface area contributed by atoms with Gasteiger partial charge >= 0.3 is 5.76 Å². The fourth-order valence-corrected chi connectivity index (χ4v) is 3.81. The maximum Gasteiger partial charge on any atom is 0.417 e. The molecule has 0 bridgehead atoms. The lowest BCUT2D eigenvalue weighted by Gasteiger charge is -2.05. The number of nitrogens with zero attached hydrogens (tertiary/aromatic N) is 1. The summed E-state index contributed by atoms with van der Waals surface area (Å²) < 4.78 is 31.8. The van der Waals surface area contributed by atoms with Crippen LogP contribution in [-0.2, 0) is 16.4 Å². The molecule has 0 unspecified atom stereocenters. The third-order valence-corrected chi connectivity index (χ3v) is 5.49. The van der Waals surface area contributed by atoms with E-state index < -0.39 is 15.8 Å². The van der Waals surface area contributed by atoms with Crippen LogP contribution in [0.25, 0.3) is 11.1 Å². The van der Waals surface area contributed by atoms with E-state index in [2.05, 4.69) is 14.7 Å². The Labute approximate surface area is 130 Å². The molecular formula is C13H13N3O4S2. The highest BCUT2D eigenvalue weighted by molar-refractivity contribution is 7.89. The Bertz CT molecular complexity index is 969. The summed E-state index contributed by atoms with van der Waals surface area (Å²) in [4.78, 5) is 17.9. The smallest absolute Gasteiger partial charge is 0.408 e. The minimum Gasteiger partial charge on any atom is -0.408 e. The fourth-order valence-electron chi connectivity index (χ4n) is 1.99. The molecule has 2 aromatic heterocycles. The highest BCUT2D eigenvalue weighted by atomic mass is 32.2.